The molecule has 1 aliphatic heterocycles. The van der Waals surface area contributed by atoms with Gasteiger partial charge < -0.3 is 10.1 Å². The molecule has 0 radical (unpaired) electrons. The van der Waals surface area contributed by atoms with E-state index in [1.165, 1.54) is 16.4 Å². The predicted octanol–water partition coefficient (Wildman–Crippen LogP) is 4.49. The molecule has 0 aromatic heterocycles. The topological polar surface area (TPSA) is 75.7 Å². The number of ether oxygens (including phenoxy) is 1. The summed E-state index contributed by atoms with van der Waals surface area (Å²) in [5.41, 5.74) is 2.40. The van der Waals surface area contributed by atoms with Gasteiger partial charge in [-0.1, -0.05) is 35.9 Å². The maximum atomic E-state index is 13.6. The minimum Gasteiger partial charge on any atom is -0.494 e. The summed E-state index contributed by atoms with van der Waals surface area (Å²) in [6.45, 7) is 2.46. The Morgan fingerprint density at radius 1 is 1.03 bits per heavy atom. The van der Waals surface area contributed by atoms with Crippen molar-refractivity contribution in [3.63, 3.8) is 0 Å². The summed E-state index contributed by atoms with van der Waals surface area (Å²) < 4.78 is 33.8. The summed E-state index contributed by atoms with van der Waals surface area (Å²) in [6, 6.07) is 19.7. The number of halogens is 1. The Hall–Kier alpha value is -2.87. The molecule has 8 heteroatoms. The second-order valence-corrected chi connectivity index (χ2v) is 9.77. The third kappa shape index (κ3) is 4.65. The molecule has 0 bridgehead atoms. The Morgan fingerprint density at radius 3 is 2.34 bits per heavy atom. The van der Waals surface area contributed by atoms with Gasteiger partial charge in [0.2, 0.25) is 15.9 Å². The minimum absolute atomic E-state index is 0.115. The first-order valence-corrected chi connectivity index (χ1v) is 12.1. The summed E-state index contributed by atoms with van der Waals surface area (Å²) in [7, 11) is -3.93. The van der Waals surface area contributed by atoms with Gasteiger partial charge in [-0.05, 0) is 73.0 Å². The fraction of sp³-hybridized carbons (Fsp3) is 0.208. The van der Waals surface area contributed by atoms with Crippen LogP contribution in [0.5, 0.6) is 5.75 Å². The predicted molar refractivity (Wildman–Crippen MR) is 124 cm³/mol. The van der Waals surface area contributed by atoms with Gasteiger partial charge in [0.05, 0.1) is 11.5 Å². The third-order valence-corrected chi connectivity index (χ3v) is 7.48. The molecular formula is C24H23ClN2O4S. The lowest BCUT2D eigenvalue weighted by molar-refractivity contribution is -0.120. The number of rotatable bonds is 6. The van der Waals surface area contributed by atoms with Gasteiger partial charge in [-0.3, -0.25) is 4.79 Å². The molecule has 1 N–H and O–H groups in total. The van der Waals surface area contributed by atoms with Crippen LogP contribution in [0.15, 0.2) is 77.7 Å². The number of amides is 1. The molecule has 4 rings (SSSR count). The fourth-order valence-electron chi connectivity index (χ4n) is 3.74. The molecule has 0 fully saturated rings. The van der Waals surface area contributed by atoms with Crippen molar-refractivity contribution in [2.75, 3.05) is 11.9 Å². The van der Waals surface area contributed by atoms with Crippen molar-refractivity contribution in [1.82, 2.24) is 4.31 Å². The zero-order valence-corrected chi connectivity index (χ0v) is 19.1. The maximum absolute atomic E-state index is 13.6. The highest BCUT2D eigenvalue weighted by molar-refractivity contribution is 7.89. The van der Waals surface area contributed by atoms with Crippen LogP contribution in [0.3, 0.4) is 0 Å². The number of anilines is 1. The van der Waals surface area contributed by atoms with Gasteiger partial charge in [-0.2, -0.15) is 4.31 Å². The van der Waals surface area contributed by atoms with E-state index in [1.54, 1.807) is 36.4 Å². The van der Waals surface area contributed by atoms with Gasteiger partial charge in [0.15, 0.2) is 0 Å². The lowest BCUT2D eigenvalue weighted by Crippen LogP contribution is -2.50. The highest BCUT2D eigenvalue weighted by atomic mass is 35.5. The van der Waals surface area contributed by atoms with Crippen LogP contribution in [0.4, 0.5) is 5.69 Å². The largest absolute Gasteiger partial charge is 0.494 e. The first-order valence-electron chi connectivity index (χ1n) is 10.3. The van der Waals surface area contributed by atoms with E-state index in [1.807, 2.05) is 31.2 Å². The maximum Gasteiger partial charge on any atom is 0.244 e. The quantitative estimate of drug-likeness (QED) is 0.575. The Bertz CT molecular complexity index is 1210. The second-order valence-electron chi connectivity index (χ2n) is 7.44. The SMILES string of the molecule is CCOc1ccc(S(=O)(=O)N2Cc3ccccc3C[C@@H]2C(=O)Nc2ccc(Cl)cc2)cc1. The van der Waals surface area contributed by atoms with Crippen molar-refractivity contribution >= 4 is 33.2 Å². The smallest absolute Gasteiger partial charge is 0.244 e. The van der Waals surface area contributed by atoms with Gasteiger partial charge in [0, 0.05) is 17.3 Å². The van der Waals surface area contributed by atoms with Crippen molar-refractivity contribution in [3.05, 3.63) is 88.9 Å². The zero-order chi connectivity index (χ0) is 22.7. The van der Waals surface area contributed by atoms with Crippen molar-refractivity contribution in [3.8, 4) is 5.75 Å². The zero-order valence-electron chi connectivity index (χ0n) is 17.5. The van der Waals surface area contributed by atoms with Crippen LogP contribution in [0.1, 0.15) is 18.1 Å². The van der Waals surface area contributed by atoms with Crippen LogP contribution >= 0.6 is 11.6 Å². The molecule has 32 heavy (non-hydrogen) atoms. The monoisotopic (exact) mass is 470 g/mol. The van der Waals surface area contributed by atoms with E-state index < -0.39 is 22.0 Å². The average molecular weight is 471 g/mol. The Labute approximate surface area is 192 Å². The third-order valence-electron chi connectivity index (χ3n) is 5.36. The standard InChI is InChI=1S/C24H23ClN2O4S/c1-2-31-21-11-13-22(14-12-21)32(29,30)27-16-18-6-4-3-5-17(18)15-23(27)24(28)26-20-9-7-19(25)8-10-20/h3-14,23H,2,15-16H2,1H3,(H,26,28)/t23-/m1/s1. The first-order chi connectivity index (χ1) is 15.4. The lowest BCUT2D eigenvalue weighted by atomic mass is 9.95. The van der Waals surface area contributed by atoms with Gasteiger partial charge in [0.1, 0.15) is 11.8 Å². The van der Waals surface area contributed by atoms with Crippen molar-refractivity contribution in [2.45, 2.75) is 30.8 Å². The van der Waals surface area contributed by atoms with E-state index in [0.717, 1.165) is 11.1 Å². The van der Waals surface area contributed by atoms with E-state index in [4.69, 9.17) is 16.3 Å². The summed E-state index contributed by atoms with van der Waals surface area (Å²) in [6.07, 6.45) is 0.284. The van der Waals surface area contributed by atoms with Crippen molar-refractivity contribution in [2.24, 2.45) is 0 Å². The van der Waals surface area contributed by atoms with E-state index in [2.05, 4.69) is 5.32 Å². The van der Waals surface area contributed by atoms with E-state index in [-0.39, 0.29) is 17.9 Å². The van der Waals surface area contributed by atoms with Crippen LogP contribution in [-0.2, 0) is 27.8 Å². The van der Waals surface area contributed by atoms with Crippen molar-refractivity contribution in [1.29, 1.82) is 0 Å². The Kier molecular flexibility index (Phi) is 6.50. The highest BCUT2D eigenvalue weighted by Gasteiger charge is 2.39. The second kappa shape index (κ2) is 9.32. The van der Waals surface area contributed by atoms with E-state index in [9.17, 15) is 13.2 Å². The first kappa shape index (κ1) is 22.3. The van der Waals surface area contributed by atoms with Crippen LogP contribution < -0.4 is 10.1 Å². The molecular weight excluding hydrogens is 448 g/mol. The van der Waals surface area contributed by atoms with Crippen molar-refractivity contribution < 1.29 is 17.9 Å². The van der Waals surface area contributed by atoms with Gasteiger partial charge in [-0.15, -0.1) is 0 Å². The molecule has 3 aromatic carbocycles. The molecule has 1 amide bonds. The molecule has 0 saturated carbocycles. The number of nitrogens with zero attached hydrogens (tertiary/aromatic N) is 1. The minimum atomic E-state index is -3.93. The van der Waals surface area contributed by atoms with Crippen LogP contribution in [0, 0.1) is 0 Å². The number of fused-ring (bicyclic) bond motifs is 1. The molecule has 6 nitrogen and oxygen atoms in total. The molecule has 1 heterocycles. The van der Waals surface area contributed by atoms with Crippen LogP contribution in [-0.4, -0.2) is 31.3 Å². The number of nitrogens with one attached hydrogen (secondary N) is 1. The molecule has 0 saturated heterocycles. The van der Waals surface area contributed by atoms with E-state index >= 15 is 0 Å². The van der Waals surface area contributed by atoms with Gasteiger partial charge >= 0.3 is 0 Å². The lowest BCUT2D eigenvalue weighted by Gasteiger charge is -2.35. The molecule has 1 atom stereocenters. The van der Waals surface area contributed by atoms with Crippen LogP contribution in [0.25, 0.3) is 0 Å². The molecule has 1 aliphatic rings. The number of sulfonamides is 1. The number of hydrogen-bond acceptors (Lipinski definition) is 4. The number of hydrogen-bond donors (Lipinski definition) is 1. The number of carbonyl (C=O) groups is 1. The Morgan fingerprint density at radius 2 is 1.69 bits per heavy atom. The summed E-state index contributed by atoms with van der Waals surface area (Å²) in [4.78, 5) is 13.3. The van der Waals surface area contributed by atoms with Gasteiger partial charge in [0.25, 0.3) is 0 Å². The number of benzene rings is 3. The molecule has 3 aromatic rings. The molecule has 166 valence electrons. The molecule has 0 aliphatic carbocycles. The normalized spacial score (nSPS) is 16.2. The summed E-state index contributed by atoms with van der Waals surface area (Å²) in [5, 5.41) is 3.38. The fourth-order valence-corrected chi connectivity index (χ4v) is 5.43. The number of carbonyl (C=O) groups excluding carboxylic acids is 1. The van der Waals surface area contributed by atoms with Gasteiger partial charge in [-0.25, -0.2) is 8.42 Å². The molecule has 0 spiro atoms. The summed E-state index contributed by atoms with van der Waals surface area (Å²) >= 11 is 5.93. The van der Waals surface area contributed by atoms with E-state index in [0.29, 0.717) is 23.1 Å². The summed E-state index contributed by atoms with van der Waals surface area (Å²) in [5.74, 6) is 0.198. The molecule has 0 unspecified atom stereocenters. The van der Waals surface area contributed by atoms with Crippen LogP contribution in [0.2, 0.25) is 5.02 Å². The Balaban J connectivity index is 1.67. The average Bonchev–Trinajstić information content (AvgIpc) is 2.80. The highest BCUT2D eigenvalue weighted by Crippen LogP contribution is 2.30.